The average Bonchev–Trinajstić information content (AvgIpc) is 2.61. The van der Waals surface area contributed by atoms with E-state index in [0.717, 1.165) is 30.9 Å². The highest BCUT2D eigenvalue weighted by Crippen LogP contribution is 2.30. The van der Waals surface area contributed by atoms with Crippen LogP contribution in [0.3, 0.4) is 0 Å². The van der Waals surface area contributed by atoms with Gasteiger partial charge in [0.05, 0.1) is 15.6 Å². The number of nitrogens with two attached hydrogens (primary N) is 1. The molecule has 0 saturated carbocycles. The third-order valence-corrected chi connectivity index (χ3v) is 3.95. The van der Waals surface area contributed by atoms with Gasteiger partial charge in [-0.2, -0.15) is 0 Å². The Morgan fingerprint density at radius 2 is 2.25 bits per heavy atom. The Kier molecular flexibility index (Phi) is 3.46. The lowest BCUT2D eigenvalue weighted by molar-refractivity contribution is 0.102. The second-order valence-electron chi connectivity index (χ2n) is 4.12. The number of piperidine rings is 1. The molecule has 2 heterocycles. The van der Waals surface area contributed by atoms with E-state index in [1.165, 1.54) is 11.3 Å². The van der Waals surface area contributed by atoms with Gasteiger partial charge >= 0.3 is 0 Å². The Morgan fingerprint density at radius 1 is 1.56 bits per heavy atom. The Morgan fingerprint density at radius 3 is 2.81 bits per heavy atom. The molecule has 1 aromatic heterocycles. The van der Waals surface area contributed by atoms with Crippen LogP contribution in [0.2, 0.25) is 0 Å². The van der Waals surface area contributed by atoms with E-state index < -0.39 is 0 Å². The number of carbonyl (C=O) groups excluding carboxylic acids is 1. The number of nitrogens with one attached hydrogen (secondary N) is 2. The first-order chi connectivity index (χ1) is 7.66. The molecule has 0 spiro atoms. The quantitative estimate of drug-likeness (QED) is 0.702. The summed E-state index contributed by atoms with van der Waals surface area (Å²) in [6.07, 6.45) is 2.24. The summed E-state index contributed by atoms with van der Waals surface area (Å²) in [5.41, 5.74) is 6.38. The molecule has 0 unspecified atom stereocenters. The van der Waals surface area contributed by atoms with Gasteiger partial charge < -0.3 is 16.4 Å². The first-order valence-electron chi connectivity index (χ1n) is 5.54. The molecule has 1 fully saturated rings. The summed E-state index contributed by atoms with van der Waals surface area (Å²) < 4.78 is 0. The normalized spacial score (nSPS) is 17.3. The highest BCUT2D eigenvalue weighted by molar-refractivity contribution is 7.18. The van der Waals surface area contributed by atoms with Gasteiger partial charge in [-0.15, -0.1) is 11.3 Å². The van der Waals surface area contributed by atoms with E-state index in [4.69, 9.17) is 5.73 Å². The first kappa shape index (κ1) is 11.4. The number of carbonyl (C=O) groups is 1. The molecule has 1 aliphatic rings. The summed E-state index contributed by atoms with van der Waals surface area (Å²) in [6.45, 7) is 3.66. The predicted octanol–water partition coefficient (Wildman–Crippen LogP) is 1.70. The molecule has 88 valence electrons. The molecule has 2 rings (SSSR count). The lowest BCUT2D eigenvalue weighted by Crippen LogP contribution is -2.35. The molecule has 16 heavy (non-hydrogen) atoms. The fourth-order valence-corrected chi connectivity index (χ4v) is 2.87. The molecule has 1 aliphatic heterocycles. The molecular formula is C11H17N3OS. The third kappa shape index (κ3) is 2.54. The number of hydrogen-bond acceptors (Lipinski definition) is 5. The Labute approximate surface area is 99.2 Å². The fourth-order valence-electron chi connectivity index (χ4n) is 1.92. The summed E-state index contributed by atoms with van der Waals surface area (Å²) in [4.78, 5) is 11.9. The van der Waals surface area contributed by atoms with Crippen LogP contribution in [0.4, 0.5) is 10.7 Å². The fraction of sp³-hybridized carbons (Fsp3) is 0.545. The molecule has 0 radical (unpaired) electrons. The minimum atomic E-state index is 0.0425. The number of rotatable bonds is 3. The third-order valence-electron chi connectivity index (χ3n) is 2.77. The summed E-state index contributed by atoms with van der Waals surface area (Å²) in [5, 5.41) is 7.77. The zero-order chi connectivity index (χ0) is 11.5. The van der Waals surface area contributed by atoms with Crippen molar-refractivity contribution in [3.8, 4) is 0 Å². The van der Waals surface area contributed by atoms with Crippen LogP contribution < -0.4 is 16.4 Å². The lowest BCUT2D eigenvalue weighted by Gasteiger charge is -2.23. The van der Waals surface area contributed by atoms with E-state index in [1.807, 2.05) is 6.07 Å². The number of thiophene rings is 1. The van der Waals surface area contributed by atoms with Gasteiger partial charge in [0, 0.05) is 13.0 Å². The summed E-state index contributed by atoms with van der Waals surface area (Å²) >= 11 is 1.46. The summed E-state index contributed by atoms with van der Waals surface area (Å²) in [5.74, 6) is 0.0425. The molecule has 0 atom stereocenters. The zero-order valence-corrected chi connectivity index (χ0v) is 10.2. The maximum Gasteiger partial charge on any atom is 0.171 e. The second kappa shape index (κ2) is 4.84. The van der Waals surface area contributed by atoms with E-state index in [2.05, 4.69) is 10.6 Å². The number of Topliss-reactive ketones (excluding diaryl/α,β-unsaturated/α-hetero) is 1. The highest BCUT2D eigenvalue weighted by Gasteiger charge is 2.15. The topological polar surface area (TPSA) is 67.2 Å². The number of hydrogen-bond donors (Lipinski definition) is 3. The van der Waals surface area contributed by atoms with E-state index in [-0.39, 0.29) is 5.78 Å². The molecule has 0 aliphatic carbocycles. The number of ketones is 1. The molecule has 4 N–H and O–H groups in total. The van der Waals surface area contributed by atoms with E-state index in [0.29, 0.717) is 16.6 Å². The van der Waals surface area contributed by atoms with Crippen molar-refractivity contribution >= 4 is 27.8 Å². The van der Waals surface area contributed by atoms with E-state index in [1.54, 1.807) is 6.92 Å². The van der Waals surface area contributed by atoms with Crippen molar-refractivity contribution in [2.45, 2.75) is 25.8 Å². The largest absolute Gasteiger partial charge is 0.397 e. The van der Waals surface area contributed by atoms with Gasteiger partial charge in [-0.05, 0) is 32.0 Å². The molecule has 4 nitrogen and oxygen atoms in total. The molecule has 5 heteroatoms. The van der Waals surface area contributed by atoms with E-state index >= 15 is 0 Å². The monoisotopic (exact) mass is 239 g/mol. The maximum atomic E-state index is 11.3. The van der Waals surface area contributed by atoms with Crippen molar-refractivity contribution in [3.63, 3.8) is 0 Å². The van der Waals surface area contributed by atoms with E-state index in [9.17, 15) is 4.79 Å². The van der Waals surface area contributed by atoms with Crippen molar-refractivity contribution < 1.29 is 4.79 Å². The molecule has 1 aromatic rings. The van der Waals surface area contributed by atoms with Crippen LogP contribution in [0.15, 0.2) is 6.07 Å². The Bertz CT molecular complexity index is 383. The van der Waals surface area contributed by atoms with Crippen molar-refractivity contribution in [2.75, 3.05) is 24.1 Å². The Hall–Kier alpha value is -1.07. The van der Waals surface area contributed by atoms with Gasteiger partial charge in [0.2, 0.25) is 0 Å². The highest BCUT2D eigenvalue weighted by atomic mass is 32.1. The van der Waals surface area contributed by atoms with Crippen LogP contribution in [0.5, 0.6) is 0 Å². The van der Waals surface area contributed by atoms with Crippen LogP contribution in [-0.2, 0) is 0 Å². The van der Waals surface area contributed by atoms with Crippen molar-refractivity contribution in [1.82, 2.24) is 5.32 Å². The minimum Gasteiger partial charge on any atom is -0.397 e. The standard InChI is InChI=1S/C11H17N3OS/c1-7(15)11-9(12)6-10(16-11)14-8-2-4-13-5-3-8/h6,8,13-14H,2-5,12H2,1H3. The molecule has 0 bridgehead atoms. The molecular weight excluding hydrogens is 222 g/mol. The SMILES string of the molecule is CC(=O)c1sc(NC2CCNCC2)cc1N. The molecule has 0 amide bonds. The lowest BCUT2D eigenvalue weighted by atomic mass is 10.1. The van der Waals surface area contributed by atoms with Crippen molar-refractivity contribution in [3.05, 3.63) is 10.9 Å². The van der Waals surface area contributed by atoms with Crippen LogP contribution >= 0.6 is 11.3 Å². The average molecular weight is 239 g/mol. The van der Waals surface area contributed by atoms with Gasteiger partial charge in [-0.1, -0.05) is 0 Å². The van der Waals surface area contributed by atoms with Gasteiger partial charge in [0.25, 0.3) is 0 Å². The van der Waals surface area contributed by atoms with Gasteiger partial charge in [0.1, 0.15) is 0 Å². The summed E-state index contributed by atoms with van der Waals surface area (Å²) in [6, 6.07) is 2.36. The zero-order valence-electron chi connectivity index (χ0n) is 9.38. The van der Waals surface area contributed by atoms with Gasteiger partial charge in [-0.25, -0.2) is 0 Å². The van der Waals surface area contributed by atoms with Gasteiger partial charge in [-0.3, -0.25) is 4.79 Å². The number of nitrogen functional groups attached to an aromatic ring is 1. The summed E-state index contributed by atoms with van der Waals surface area (Å²) in [7, 11) is 0. The van der Waals surface area contributed by atoms with Crippen molar-refractivity contribution in [1.29, 1.82) is 0 Å². The predicted molar refractivity (Wildman–Crippen MR) is 68.3 cm³/mol. The van der Waals surface area contributed by atoms with Gasteiger partial charge in [0.15, 0.2) is 5.78 Å². The second-order valence-corrected chi connectivity index (χ2v) is 5.17. The van der Waals surface area contributed by atoms with Crippen LogP contribution in [0.25, 0.3) is 0 Å². The van der Waals surface area contributed by atoms with Crippen LogP contribution in [0.1, 0.15) is 29.4 Å². The number of anilines is 2. The smallest absolute Gasteiger partial charge is 0.171 e. The van der Waals surface area contributed by atoms with Crippen molar-refractivity contribution in [2.24, 2.45) is 0 Å². The molecule has 0 aromatic carbocycles. The van der Waals surface area contributed by atoms with Crippen LogP contribution in [0, 0.1) is 0 Å². The Balaban J connectivity index is 2.03. The van der Waals surface area contributed by atoms with Crippen LogP contribution in [-0.4, -0.2) is 24.9 Å². The molecule has 1 saturated heterocycles. The minimum absolute atomic E-state index is 0.0425. The maximum absolute atomic E-state index is 11.3. The first-order valence-corrected chi connectivity index (χ1v) is 6.36.